The summed E-state index contributed by atoms with van der Waals surface area (Å²) in [4.78, 5) is 2.58. The first kappa shape index (κ1) is 12.5. The first-order chi connectivity index (χ1) is 7.57. The lowest BCUT2D eigenvalue weighted by Crippen LogP contribution is -2.20. The van der Waals surface area contributed by atoms with E-state index in [2.05, 4.69) is 20.2 Å². The summed E-state index contributed by atoms with van der Waals surface area (Å²) in [6.45, 7) is 3.69. The Kier molecular flexibility index (Phi) is 4.30. The van der Waals surface area contributed by atoms with E-state index in [1.165, 1.54) is 0 Å². The fraction of sp³-hybridized carbons (Fsp3) is 0.667. The molecule has 3 N–H and O–H groups in total. The highest BCUT2D eigenvalue weighted by atomic mass is 16.3. The molecule has 0 amide bonds. The van der Waals surface area contributed by atoms with E-state index in [4.69, 9.17) is 5.53 Å². The first-order valence-corrected chi connectivity index (χ1v) is 4.96. The van der Waals surface area contributed by atoms with Gasteiger partial charge >= 0.3 is 0 Å². The van der Waals surface area contributed by atoms with Crippen molar-refractivity contribution in [2.24, 2.45) is 5.11 Å². The molecule has 0 fully saturated rings. The largest absolute Gasteiger partial charge is 0.390 e. The summed E-state index contributed by atoms with van der Waals surface area (Å²) in [5, 5.41) is 29.6. The smallest absolute Gasteiger partial charge is 0.108 e. The van der Waals surface area contributed by atoms with E-state index >= 15 is 0 Å². The molecule has 16 heavy (non-hydrogen) atoms. The van der Waals surface area contributed by atoms with Gasteiger partial charge in [0.1, 0.15) is 6.10 Å². The number of nitrogens with zero attached hydrogens (tertiary/aromatic N) is 4. The normalized spacial score (nSPS) is 14.2. The average molecular weight is 225 g/mol. The summed E-state index contributed by atoms with van der Waals surface area (Å²) < 4.78 is 0. The Labute approximate surface area is 92.7 Å². The Morgan fingerprint density at radius 1 is 1.50 bits per heavy atom. The molecule has 1 heterocycles. The van der Waals surface area contributed by atoms with Gasteiger partial charge in [-0.1, -0.05) is 5.11 Å². The molecular weight excluding hydrogens is 210 g/mol. The van der Waals surface area contributed by atoms with E-state index in [9.17, 15) is 10.2 Å². The number of nitrogens with one attached hydrogen (secondary N) is 1. The van der Waals surface area contributed by atoms with Gasteiger partial charge in [-0.25, -0.2) is 0 Å². The van der Waals surface area contributed by atoms with Crippen molar-refractivity contribution in [3.05, 3.63) is 27.4 Å². The maximum Gasteiger partial charge on any atom is 0.108 e. The van der Waals surface area contributed by atoms with Crippen molar-refractivity contribution in [3.63, 3.8) is 0 Å². The second-order valence-electron chi connectivity index (χ2n) is 3.60. The van der Waals surface area contributed by atoms with Gasteiger partial charge in [0.15, 0.2) is 0 Å². The van der Waals surface area contributed by atoms with Crippen LogP contribution in [0, 0.1) is 13.8 Å². The van der Waals surface area contributed by atoms with Crippen molar-refractivity contribution in [2.75, 3.05) is 6.54 Å². The Morgan fingerprint density at radius 2 is 2.19 bits per heavy atom. The molecule has 1 aromatic heterocycles. The number of aromatic amines is 1. The zero-order chi connectivity index (χ0) is 12.1. The van der Waals surface area contributed by atoms with Crippen LogP contribution in [0.1, 0.15) is 29.5 Å². The number of hydrogen-bond donors (Lipinski definition) is 3. The third-order valence-corrected chi connectivity index (χ3v) is 2.43. The molecule has 0 bridgehead atoms. The molecule has 0 spiro atoms. The second kappa shape index (κ2) is 5.50. The standard InChI is InChI=1S/C9H15N5O2/c1-5-8(6(2)13-12-5)9(16)7(15)3-4-11-14-10/h7,9,15-16H,3-4H2,1-2H3,(H,12,13). The number of hydrogen-bond acceptors (Lipinski definition) is 4. The van der Waals surface area contributed by atoms with E-state index in [1.807, 2.05) is 0 Å². The predicted molar refractivity (Wildman–Crippen MR) is 57.7 cm³/mol. The number of aliphatic hydroxyl groups excluding tert-OH is 2. The van der Waals surface area contributed by atoms with Crippen LogP contribution in [0.5, 0.6) is 0 Å². The molecule has 0 saturated carbocycles. The Hall–Kier alpha value is -1.56. The van der Waals surface area contributed by atoms with Gasteiger partial charge in [0.05, 0.1) is 11.8 Å². The van der Waals surface area contributed by atoms with Gasteiger partial charge in [0.25, 0.3) is 0 Å². The summed E-state index contributed by atoms with van der Waals surface area (Å²) in [5.41, 5.74) is 10.1. The molecule has 0 aliphatic carbocycles. The maximum absolute atomic E-state index is 9.89. The van der Waals surface area contributed by atoms with Crippen LogP contribution in [-0.2, 0) is 0 Å². The van der Waals surface area contributed by atoms with Crippen molar-refractivity contribution >= 4 is 0 Å². The van der Waals surface area contributed by atoms with Crippen LogP contribution in [0.4, 0.5) is 0 Å². The highest BCUT2D eigenvalue weighted by Gasteiger charge is 2.23. The lowest BCUT2D eigenvalue weighted by Gasteiger charge is -2.17. The fourth-order valence-corrected chi connectivity index (χ4v) is 1.58. The summed E-state index contributed by atoms with van der Waals surface area (Å²) in [6.07, 6.45) is -1.75. The number of aryl methyl sites for hydroxylation is 2. The Balaban J connectivity index is 2.70. The SMILES string of the molecule is Cc1n[nH]c(C)c1C(O)C(O)CCN=[N+]=[N-]. The highest BCUT2D eigenvalue weighted by molar-refractivity contribution is 5.26. The number of aliphatic hydroxyl groups is 2. The highest BCUT2D eigenvalue weighted by Crippen LogP contribution is 2.23. The van der Waals surface area contributed by atoms with E-state index in [1.54, 1.807) is 13.8 Å². The van der Waals surface area contributed by atoms with Crippen LogP contribution in [0.15, 0.2) is 5.11 Å². The third kappa shape index (κ3) is 2.73. The van der Waals surface area contributed by atoms with Crippen molar-refractivity contribution < 1.29 is 10.2 Å². The monoisotopic (exact) mass is 225 g/mol. The van der Waals surface area contributed by atoms with Crippen LogP contribution in [0.2, 0.25) is 0 Å². The number of rotatable bonds is 5. The maximum atomic E-state index is 9.89. The van der Waals surface area contributed by atoms with Crippen molar-refractivity contribution in [1.29, 1.82) is 0 Å². The van der Waals surface area contributed by atoms with Gasteiger partial charge in [0.2, 0.25) is 0 Å². The Morgan fingerprint density at radius 3 is 2.69 bits per heavy atom. The molecule has 2 atom stereocenters. The lowest BCUT2D eigenvalue weighted by molar-refractivity contribution is 0.0143. The van der Waals surface area contributed by atoms with Gasteiger partial charge in [-0.2, -0.15) is 5.10 Å². The summed E-state index contributed by atoms with van der Waals surface area (Å²) in [7, 11) is 0. The van der Waals surface area contributed by atoms with Crippen LogP contribution in [-0.4, -0.2) is 33.1 Å². The van der Waals surface area contributed by atoms with Crippen LogP contribution < -0.4 is 0 Å². The summed E-state index contributed by atoms with van der Waals surface area (Å²) in [6, 6.07) is 0. The molecule has 1 aromatic rings. The molecule has 0 aliphatic heterocycles. The topological polar surface area (TPSA) is 118 Å². The molecule has 0 aliphatic rings. The molecule has 0 radical (unpaired) electrons. The Bertz CT molecular complexity index is 377. The zero-order valence-electron chi connectivity index (χ0n) is 9.25. The van der Waals surface area contributed by atoms with E-state index < -0.39 is 12.2 Å². The van der Waals surface area contributed by atoms with Crippen molar-refractivity contribution in [1.82, 2.24) is 10.2 Å². The second-order valence-corrected chi connectivity index (χ2v) is 3.60. The van der Waals surface area contributed by atoms with Gasteiger partial charge in [-0.3, -0.25) is 5.10 Å². The van der Waals surface area contributed by atoms with Crippen molar-refractivity contribution in [3.8, 4) is 0 Å². The van der Waals surface area contributed by atoms with Gasteiger partial charge in [-0.05, 0) is 25.8 Å². The van der Waals surface area contributed by atoms with E-state index in [-0.39, 0.29) is 13.0 Å². The minimum absolute atomic E-state index is 0.157. The minimum Gasteiger partial charge on any atom is -0.390 e. The van der Waals surface area contributed by atoms with E-state index in [0.29, 0.717) is 11.3 Å². The van der Waals surface area contributed by atoms with Crippen LogP contribution >= 0.6 is 0 Å². The molecule has 7 heteroatoms. The quantitative estimate of drug-likeness (QED) is 0.395. The van der Waals surface area contributed by atoms with Gasteiger partial charge in [-0.15, -0.1) is 0 Å². The van der Waals surface area contributed by atoms with Crippen molar-refractivity contribution in [2.45, 2.75) is 32.5 Å². The summed E-state index contributed by atoms with van der Waals surface area (Å²) >= 11 is 0. The number of H-pyrrole nitrogens is 1. The molecule has 2 unspecified atom stereocenters. The molecular formula is C9H15N5O2. The minimum atomic E-state index is -1.01. The summed E-state index contributed by atoms with van der Waals surface area (Å²) in [5.74, 6) is 0. The number of azide groups is 1. The lowest BCUT2D eigenvalue weighted by atomic mass is 10.0. The van der Waals surface area contributed by atoms with Gasteiger partial charge in [0, 0.05) is 22.7 Å². The molecule has 88 valence electrons. The van der Waals surface area contributed by atoms with Crippen LogP contribution in [0.3, 0.4) is 0 Å². The molecule has 0 saturated heterocycles. The fourth-order valence-electron chi connectivity index (χ4n) is 1.58. The average Bonchev–Trinajstić information content (AvgIpc) is 2.58. The molecule has 1 rings (SSSR count). The molecule has 0 aromatic carbocycles. The van der Waals surface area contributed by atoms with E-state index in [0.717, 1.165) is 5.69 Å². The third-order valence-electron chi connectivity index (χ3n) is 2.43. The first-order valence-electron chi connectivity index (χ1n) is 4.96. The predicted octanol–water partition coefficient (Wildman–Crippen LogP) is 1.12. The molecule has 7 nitrogen and oxygen atoms in total. The number of aromatic nitrogens is 2. The van der Waals surface area contributed by atoms with Crippen LogP contribution in [0.25, 0.3) is 10.4 Å². The van der Waals surface area contributed by atoms with Gasteiger partial charge < -0.3 is 10.2 Å². The zero-order valence-corrected chi connectivity index (χ0v) is 9.25.